The number of Topliss-reactive ketones (excluding diaryl/α,β-unsaturated/α-hetero) is 1. The van der Waals surface area contributed by atoms with Gasteiger partial charge in [-0.2, -0.15) is 0 Å². The number of rotatable bonds is 7. The molecule has 0 aliphatic heterocycles. The highest BCUT2D eigenvalue weighted by atomic mass is 16.5. The van der Waals surface area contributed by atoms with Crippen LogP contribution in [-0.2, 0) is 17.6 Å². The minimum Gasteiger partial charge on any atom is -0.454 e. The number of carbonyl (C=O) groups excluding carboxylic acids is 2. The van der Waals surface area contributed by atoms with E-state index in [1.54, 1.807) is 18.2 Å². The lowest BCUT2D eigenvalue weighted by atomic mass is 10.0. The lowest BCUT2D eigenvalue weighted by Crippen LogP contribution is -2.15. The maximum Gasteiger partial charge on any atom is 0.339 e. The van der Waals surface area contributed by atoms with E-state index in [1.165, 1.54) is 5.56 Å². The van der Waals surface area contributed by atoms with Crippen LogP contribution >= 0.6 is 0 Å². The molecule has 3 aromatic carbocycles. The highest BCUT2D eigenvalue weighted by Crippen LogP contribution is 2.27. The van der Waals surface area contributed by atoms with Gasteiger partial charge >= 0.3 is 5.97 Å². The number of esters is 1. The molecule has 0 saturated carbocycles. The SMILES string of the molecule is CCc1ccc(C(=O)COC(=O)c2cc(-c3ccc(CC)cc3)nc3ccc(C)cc23)cc1. The molecule has 0 N–H and O–H groups in total. The molecule has 4 rings (SSSR count). The molecular weight excluding hydrogens is 410 g/mol. The van der Waals surface area contributed by atoms with Crippen molar-refractivity contribution in [3.05, 3.63) is 101 Å². The third kappa shape index (κ3) is 5.01. The van der Waals surface area contributed by atoms with Gasteiger partial charge in [-0.25, -0.2) is 9.78 Å². The summed E-state index contributed by atoms with van der Waals surface area (Å²) in [4.78, 5) is 30.4. The van der Waals surface area contributed by atoms with E-state index in [0.717, 1.165) is 29.5 Å². The number of aryl methyl sites for hydroxylation is 3. The van der Waals surface area contributed by atoms with E-state index in [1.807, 2.05) is 49.4 Å². The fourth-order valence-corrected chi connectivity index (χ4v) is 3.79. The third-order valence-corrected chi connectivity index (χ3v) is 5.86. The number of ether oxygens (including phenoxy) is 1. The van der Waals surface area contributed by atoms with Crippen molar-refractivity contribution in [2.45, 2.75) is 33.6 Å². The van der Waals surface area contributed by atoms with Crippen molar-refractivity contribution in [2.24, 2.45) is 0 Å². The van der Waals surface area contributed by atoms with Crippen molar-refractivity contribution in [3.63, 3.8) is 0 Å². The summed E-state index contributed by atoms with van der Waals surface area (Å²) in [6.45, 7) is 5.83. The van der Waals surface area contributed by atoms with Crippen LogP contribution in [-0.4, -0.2) is 23.3 Å². The number of carbonyl (C=O) groups is 2. The van der Waals surface area contributed by atoms with Crippen molar-refractivity contribution in [1.29, 1.82) is 0 Å². The molecule has 0 aliphatic carbocycles. The summed E-state index contributed by atoms with van der Waals surface area (Å²) in [5.41, 5.74) is 6.69. The molecule has 4 heteroatoms. The molecule has 0 radical (unpaired) electrons. The minimum atomic E-state index is -0.530. The molecule has 4 nitrogen and oxygen atoms in total. The Kier molecular flexibility index (Phi) is 6.64. The minimum absolute atomic E-state index is 0.226. The number of benzene rings is 3. The van der Waals surface area contributed by atoms with Crippen molar-refractivity contribution < 1.29 is 14.3 Å². The number of nitrogens with zero attached hydrogens (tertiary/aromatic N) is 1. The standard InChI is InChI=1S/C29H27NO3/c1-4-20-7-11-22(12-8-20)27-17-25(24-16-19(3)6-15-26(24)30-27)29(32)33-18-28(31)23-13-9-21(5-2)10-14-23/h6-17H,4-5,18H2,1-3H3. The van der Waals surface area contributed by atoms with Crippen LogP contribution in [0.15, 0.2) is 72.8 Å². The van der Waals surface area contributed by atoms with E-state index >= 15 is 0 Å². The van der Waals surface area contributed by atoms with Crippen molar-refractivity contribution in [1.82, 2.24) is 4.98 Å². The predicted octanol–water partition coefficient (Wildman–Crippen LogP) is 6.37. The molecular formula is C29H27NO3. The first-order chi connectivity index (χ1) is 16.0. The lowest BCUT2D eigenvalue weighted by Gasteiger charge is -2.11. The van der Waals surface area contributed by atoms with Gasteiger partial charge in [-0.1, -0.05) is 74.0 Å². The summed E-state index contributed by atoms with van der Waals surface area (Å²) >= 11 is 0. The number of aromatic nitrogens is 1. The second-order valence-electron chi connectivity index (χ2n) is 8.18. The monoisotopic (exact) mass is 437 g/mol. The summed E-state index contributed by atoms with van der Waals surface area (Å²) < 4.78 is 5.46. The maximum absolute atomic E-state index is 13.1. The van der Waals surface area contributed by atoms with Gasteiger partial charge in [-0.15, -0.1) is 0 Å². The Bertz CT molecular complexity index is 1310. The summed E-state index contributed by atoms with van der Waals surface area (Å²) in [5, 5.41) is 0.716. The summed E-state index contributed by atoms with van der Waals surface area (Å²) in [7, 11) is 0. The van der Waals surface area contributed by atoms with Crippen LogP contribution in [0.3, 0.4) is 0 Å². The second-order valence-corrected chi connectivity index (χ2v) is 8.18. The Hall–Kier alpha value is -3.79. The zero-order valence-corrected chi connectivity index (χ0v) is 19.2. The van der Waals surface area contributed by atoms with Crippen LogP contribution in [0.4, 0.5) is 0 Å². The number of fused-ring (bicyclic) bond motifs is 1. The van der Waals surface area contributed by atoms with Crippen LogP contribution in [0.1, 0.15) is 51.3 Å². The highest BCUT2D eigenvalue weighted by molar-refractivity contribution is 6.06. The van der Waals surface area contributed by atoms with Crippen molar-refractivity contribution in [3.8, 4) is 11.3 Å². The average Bonchev–Trinajstić information content (AvgIpc) is 2.86. The molecule has 33 heavy (non-hydrogen) atoms. The van der Waals surface area contributed by atoms with E-state index in [-0.39, 0.29) is 12.4 Å². The van der Waals surface area contributed by atoms with E-state index in [0.29, 0.717) is 27.7 Å². The maximum atomic E-state index is 13.1. The van der Waals surface area contributed by atoms with Crippen LogP contribution in [0, 0.1) is 6.92 Å². The van der Waals surface area contributed by atoms with Crippen LogP contribution < -0.4 is 0 Å². The molecule has 4 aromatic rings. The molecule has 0 unspecified atom stereocenters. The normalized spacial score (nSPS) is 10.9. The first-order valence-corrected chi connectivity index (χ1v) is 11.3. The quantitative estimate of drug-likeness (QED) is 0.249. The molecule has 0 bridgehead atoms. The van der Waals surface area contributed by atoms with Gasteiger partial charge in [0.05, 0.1) is 16.8 Å². The fraction of sp³-hybridized carbons (Fsp3) is 0.207. The summed E-state index contributed by atoms with van der Waals surface area (Å²) in [5.74, 6) is -0.756. The molecule has 1 heterocycles. The van der Waals surface area contributed by atoms with Gasteiger partial charge in [0, 0.05) is 16.5 Å². The van der Waals surface area contributed by atoms with Gasteiger partial charge in [0.15, 0.2) is 12.4 Å². The van der Waals surface area contributed by atoms with Gasteiger partial charge in [-0.3, -0.25) is 4.79 Å². The predicted molar refractivity (Wildman–Crippen MR) is 132 cm³/mol. The molecule has 0 amide bonds. The van der Waals surface area contributed by atoms with Crippen LogP contribution in [0.5, 0.6) is 0 Å². The topological polar surface area (TPSA) is 56.3 Å². The molecule has 0 aliphatic rings. The van der Waals surface area contributed by atoms with Crippen molar-refractivity contribution in [2.75, 3.05) is 6.61 Å². The Morgan fingerprint density at radius 1 is 0.818 bits per heavy atom. The largest absolute Gasteiger partial charge is 0.454 e. The number of hydrogen-bond donors (Lipinski definition) is 0. The first-order valence-electron chi connectivity index (χ1n) is 11.3. The fourth-order valence-electron chi connectivity index (χ4n) is 3.79. The smallest absolute Gasteiger partial charge is 0.339 e. The van der Waals surface area contributed by atoms with Crippen LogP contribution in [0.25, 0.3) is 22.2 Å². The Morgan fingerprint density at radius 2 is 1.45 bits per heavy atom. The van der Waals surface area contributed by atoms with Crippen LogP contribution in [0.2, 0.25) is 0 Å². The molecule has 0 saturated heterocycles. The van der Waals surface area contributed by atoms with Gasteiger partial charge in [-0.05, 0) is 49.1 Å². The Balaban J connectivity index is 1.63. The van der Waals surface area contributed by atoms with Crippen molar-refractivity contribution >= 4 is 22.7 Å². The highest BCUT2D eigenvalue weighted by Gasteiger charge is 2.17. The van der Waals surface area contributed by atoms with Gasteiger partial charge in [0.1, 0.15) is 0 Å². The molecule has 166 valence electrons. The second kappa shape index (κ2) is 9.78. The third-order valence-electron chi connectivity index (χ3n) is 5.86. The van der Waals surface area contributed by atoms with Gasteiger partial charge in [0.25, 0.3) is 0 Å². The zero-order valence-electron chi connectivity index (χ0n) is 19.2. The first kappa shape index (κ1) is 22.4. The Labute approximate surface area is 194 Å². The number of pyridine rings is 1. The zero-order chi connectivity index (χ0) is 23.4. The summed E-state index contributed by atoms with van der Waals surface area (Å²) in [6.07, 6.45) is 1.86. The number of ketones is 1. The number of hydrogen-bond acceptors (Lipinski definition) is 4. The molecule has 1 aromatic heterocycles. The molecule has 0 fully saturated rings. The lowest BCUT2D eigenvalue weighted by molar-refractivity contribution is 0.0476. The summed E-state index contributed by atoms with van der Waals surface area (Å²) in [6, 6.07) is 23.1. The van der Waals surface area contributed by atoms with E-state index in [4.69, 9.17) is 9.72 Å². The average molecular weight is 438 g/mol. The van der Waals surface area contributed by atoms with E-state index in [2.05, 4.69) is 26.0 Å². The van der Waals surface area contributed by atoms with E-state index in [9.17, 15) is 9.59 Å². The van der Waals surface area contributed by atoms with Gasteiger partial charge < -0.3 is 4.74 Å². The van der Waals surface area contributed by atoms with Gasteiger partial charge in [0.2, 0.25) is 0 Å². The Morgan fingerprint density at radius 3 is 2.09 bits per heavy atom. The van der Waals surface area contributed by atoms with E-state index < -0.39 is 5.97 Å². The molecule has 0 spiro atoms. The molecule has 0 atom stereocenters.